The second kappa shape index (κ2) is 9.16. The molecule has 1 heterocycles. The van der Waals surface area contributed by atoms with Gasteiger partial charge in [-0.3, -0.25) is 4.79 Å². The zero-order valence-corrected chi connectivity index (χ0v) is 14.3. The first-order valence-electron chi connectivity index (χ1n) is 7.75. The van der Waals surface area contributed by atoms with Gasteiger partial charge < -0.3 is 10.6 Å². The van der Waals surface area contributed by atoms with E-state index in [1.165, 1.54) is 31.4 Å². The first-order valence-corrected chi connectivity index (χ1v) is 8.91. The summed E-state index contributed by atoms with van der Waals surface area (Å²) >= 11 is 1.95. The lowest BCUT2D eigenvalue weighted by atomic mass is 9.79. The van der Waals surface area contributed by atoms with Gasteiger partial charge in [-0.15, -0.1) is 12.4 Å². The molecule has 1 saturated carbocycles. The van der Waals surface area contributed by atoms with Gasteiger partial charge in [0.25, 0.3) is 0 Å². The van der Waals surface area contributed by atoms with E-state index in [9.17, 15) is 4.79 Å². The van der Waals surface area contributed by atoms with Gasteiger partial charge in [0.2, 0.25) is 5.91 Å². The van der Waals surface area contributed by atoms with E-state index in [0.29, 0.717) is 18.5 Å². The summed E-state index contributed by atoms with van der Waals surface area (Å²) in [5.41, 5.74) is 0. The highest BCUT2D eigenvalue weighted by atomic mass is 35.5. The highest BCUT2D eigenvalue weighted by Gasteiger charge is 2.26. The molecule has 2 N–H and O–H groups in total. The molecule has 1 saturated heterocycles. The van der Waals surface area contributed by atoms with Crippen molar-refractivity contribution in [3.8, 4) is 0 Å². The smallest absolute Gasteiger partial charge is 0.221 e. The lowest BCUT2D eigenvalue weighted by molar-refractivity contribution is -0.122. The van der Waals surface area contributed by atoms with Crippen molar-refractivity contribution in [1.82, 2.24) is 10.6 Å². The monoisotopic (exact) mass is 320 g/mol. The van der Waals surface area contributed by atoms with E-state index in [-0.39, 0.29) is 18.3 Å². The average Bonchev–Trinajstić information content (AvgIpc) is 2.40. The second-order valence-corrected chi connectivity index (χ2v) is 7.52. The van der Waals surface area contributed by atoms with E-state index >= 15 is 0 Å². The Bertz CT molecular complexity index is 296. The highest BCUT2D eigenvalue weighted by Crippen LogP contribution is 2.29. The van der Waals surface area contributed by atoms with Crippen LogP contribution in [0.5, 0.6) is 0 Å². The Morgan fingerprint density at radius 2 is 2.20 bits per heavy atom. The van der Waals surface area contributed by atoms with Crippen LogP contribution in [0.4, 0.5) is 0 Å². The summed E-state index contributed by atoms with van der Waals surface area (Å²) < 4.78 is 0. The van der Waals surface area contributed by atoms with Crippen LogP contribution >= 0.6 is 24.2 Å². The number of thioether (sulfide) groups is 1. The molecule has 0 radical (unpaired) electrons. The van der Waals surface area contributed by atoms with E-state index in [1.54, 1.807) is 0 Å². The molecular formula is C15H29ClN2OS. The number of hydrogen-bond acceptors (Lipinski definition) is 3. The Hall–Kier alpha value is 0.0700. The van der Waals surface area contributed by atoms with Crippen LogP contribution in [0.25, 0.3) is 0 Å². The molecule has 2 fully saturated rings. The van der Waals surface area contributed by atoms with Crippen LogP contribution in [-0.2, 0) is 4.79 Å². The van der Waals surface area contributed by atoms with E-state index in [1.807, 2.05) is 11.8 Å². The molecule has 0 spiro atoms. The van der Waals surface area contributed by atoms with Gasteiger partial charge >= 0.3 is 0 Å². The van der Waals surface area contributed by atoms with Gasteiger partial charge in [0.05, 0.1) is 0 Å². The molecule has 0 aromatic heterocycles. The number of amides is 1. The lowest BCUT2D eigenvalue weighted by Crippen LogP contribution is -2.44. The van der Waals surface area contributed by atoms with Crippen molar-refractivity contribution < 1.29 is 4.79 Å². The minimum Gasteiger partial charge on any atom is -0.353 e. The molecule has 5 heteroatoms. The number of rotatable bonds is 4. The van der Waals surface area contributed by atoms with Crippen molar-refractivity contribution in [2.45, 2.75) is 58.0 Å². The van der Waals surface area contributed by atoms with Gasteiger partial charge in [0, 0.05) is 36.6 Å². The molecule has 1 aliphatic heterocycles. The maximum Gasteiger partial charge on any atom is 0.221 e. The largest absolute Gasteiger partial charge is 0.353 e. The number of hydrogen-bond donors (Lipinski definition) is 2. The van der Waals surface area contributed by atoms with Gasteiger partial charge in [-0.25, -0.2) is 0 Å². The molecule has 2 aliphatic rings. The fourth-order valence-corrected chi connectivity index (χ4v) is 4.17. The highest BCUT2D eigenvalue weighted by molar-refractivity contribution is 7.99. The molecular weight excluding hydrogens is 292 g/mol. The van der Waals surface area contributed by atoms with Crippen molar-refractivity contribution in [2.24, 2.45) is 11.8 Å². The Morgan fingerprint density at radius 1 is 1.40 bits per heavy atom. The summed E-state index contributed by atoms with van der Waals surface area (Å²) in [4.78, 5) is 12.1. The molecule has 118 valence electrons. The molecule has 3 atom stereocenters. The minimum atomic E-state index is 0. The maximum atomic E-state index is 12.1. The SMILES string of the molecule is CC(C)C1CCCC(NC(=O)CC2CSCCN2)C1.Cl. The summed E-state index contributed by atoms with van der Waals surface area (Å²) in [7, 11) is 0. The normalized spacial score (nSPS) is 30.6. The van der Waals surface area contributed by atoms with Gasteiger partial charge in [-0.2, -0.15) is 11.8 Å². The number of carbonyl (C=O) groups excluding carboxylic acids is 1. The average molecular weight is 321 g/mol. The first-order chi connectivity index (χ1) is 9.15. The van der Waals surface area contributed by atoms with Gasteiger partial charge in [0.1, 0.15) is 0 Å². The third-order valence-corrected chi connectivity index (χ3v) is 5.58. The Kier molecular flexibility index (Phi) is 8.30. The van der Waals surface area contributed by atoms with Crippen molar-refractivity contribution >= 4 is 30.1 Å². The van der Waals surface area contributed by atoms with Crippen molar-refractivity contribution in [3.05, 3.63) is 0 Å². The van der Waals surface area contributed by atoms with Crippen LogP contribution in [0.15, 0.2) is 0 Å². The summed E-state index contributed by atoms with van der Waals surface area (Å²) in [6.45, 7) is 5.65. The zero-order chi connectivity index (χ0) is 13.7. The lowest BCUT2D eigenvalue weighted by Gasteiger charge is -2.32. The summed E-state index contributed by atoms with van der Waals surface area (Å²) in [6, 6.07) is 0.799. The molecule has 0 aromatic rings. The Labute approximate surface area is 133 Å². The van der Waals surface area contributed by atoms with Crippen LogP contribution < -0.4 is 10.6 Å². The molecule has 1 amide bonds. The second-order valence-electron chi connectivity index (χ2n) is 6.37. The molecule has 20 heavy (non-hydrogen) atoms. The molecule has 3 unspecified atom stereocenters. The first kappa shape index (κ1) is 18.1. The third-order valence-electron chi connectivity index (χ3n) is 4.45. The third kappa shape index (κ3) is 5.82. The van der Waals surface area contributed by atoms with E-state index in [2.05, 4.69) is 24.5 Å². The molecule has 1 aliphatic carbocycles. The standard InChI is InChI=1S/C15H28N2OS.ClH/c1-11(2)12-4-3-5-13(8-12)17-15(18)9-14-10-19-7-6-16-14;/h11-14,16H,3-10H2,1-2H3,(H,17,18);1H. The van der Waals surface area contributed by atoms with E-state index in [4.69, 9.17) is 0 Å². The molecule has 2 rings (SSSR count). The Morgan fingerprint density at radius 3 is 2.85 bits per heavy atom. The summed E-state index contributed by atoms with van der Waals surface area (Å²) in [6.07, 6.45) is 5.60. The van der Waals surface area contributed by atoms with Crippen LogP contribution in [-0.4, -0.2) is 36.0 Å². The predicted octanol–water partition coefficient (Wildman–Crippen LogP) is 2.83. The van der Waals surface area contributed by atoms with Crippen molar-refractivity contribution in [2.75, 3.05) is 18.1 Å². The topological polar surface area (TPSA) is 41.1 Å². The van der Waals surface area contributed by atoms with Crippen LogP contribution in [0, 0.1) is 11.8 Å². The number of nitrogens with one attached hydrogen (secondary N) is 2. The maximum absolute atomic E-state index is 12.1. The fourth-order valence-electron chi connectivity index (χ4n) is 3.23. The van der Waals surface area contributed by atoms with Gasteiger partial charge in [-0.1, -0.05) is 26.7 Å². The summed E-state index contributed by atoms with van der Waals surface area (Å²) in [5.74, 6) is 4.04. The summed E-state index contributed by atoms with van der Waals surface area (Å²) in [5, 5.41) is 6.70. The number of carbonyl (C=O) groups is 1. The van der Waals surface area contributed by atoms with Gasteiger partial charge in [0.15, 0.2) is 0 Å². The van der Waals surface area contributed by atoms with Crippen LogP contribution in [0.3, 0.4) is 0 Å². The van der Waals surface area contributed by atoms with E-state index in [0.717, 1.165) is 24.1 Å². The quantitative estimate of drug-likeness (QED) is 0.837. The van der Waals surface area contributed by atoms with Crippen LogP contribution in [0.1, 0.15) is 46.0 Å². The molecule has 3 nitrogen and oxygen atoms in total. The van der Waals surface area contributed by atoms with Crippen LogP contribution in [0.2, 0.25) is 0 Å². The van der Waals surface area contributed by atoms with E-state index < -0.39 is 0 Å². The predicted molar refractivity (Wildman–Crippen MR) is 89.7 cm³/mol. The minimum absolute atomic E-state index is 0. The Balaban J connectivity index is 0.00000200. The van der Waals surface area contributed by atoms with Crippen molar-refractivity contribution in [1.29, 1.82) is 0 Å². The molecule has 0 bridgehead atoms. The fraction of sp³-hybridized carbons (Fsp3) is 0.933. The number of halogens is 1. The molecule has 0 aromatic carbocycles. The van der Waals surface area contributed by atoms with Gasteiger partial charge in [-0.05, 0) is 24.7 Å². The zero-order valence-electron chi connectivity index (χ0n) is 12.7. The van der Waals surface area contributed by atoms with Crippen molar-refractivity contribution in [3.63, 3.8) is 0 Å².